The summed E-state index contributed by atoms with van der Waals surface area (Å²) in [6, 6.07) is 0. The van der Waals surface area contributed by atoms with Crippen LogP contribution in [-0.4, -0.2) is 6.21 Å². The lowest BCUT2D eigenvalue weighted by atomic mass is 10.5. The third kappa shape index (κ3) is 6.14. The van der Waals surface area contributed by atoms with Crippen molar-refractivity contribution in [3.8, 4) is 0 Å². The first-order valence-corrected chi connectivity index (χ1v) is 3.43. The average molecular weight is 209 g/mol. The van der Waals surface area contributed by atoms with Crippen LogP contribution in [0, 0.1) is 0 Å². The Morgan fingerprint density at radius 1 is 1.71 bits per heavy atom. The third-order valence-electron chi connectivity index (χ3n) is 0.430. The molecule has 0 aromatic carbocycles. The molecule has 0 aromatic rings. The van der Waals surface area contributed by atoms with Crippen LogP contribution in [0.15, 0.2) is 15.3 Å². The maximum Gasteiger partial charge on any atom is 0.0324 e. The zero-order valence-electron chi connectivity index (χ0n) is 4.26. The average Bonchev–Trinajstić information content (AvgIpc) is 1.69. The highest BCUT2D eigenvalue weighted by Crippen LogP contribution is 1.82. The van der Waals surface area contributed by atoms with Crippen LogP contribution in [0.1, 0.15) is 13.3 Å². The molecule has 0 N–H and O–H groups in total. The van der Waals surface area contributed by atoms with Crippen LogP contribution in [0.5, 0.6) is 0 Å². The van der Waals surface area contributed by atoms with Crippen LogP contribution < -0.4 is 0 Å². The summed E-state index contributed by atoms with van der Waals surface area (Å²) in [6.07, 6.45) is 4.65. The molecule has 0 fully saturated rings. The van der Waals surface area contributed by atoms with Gasteiger partial charge in [-0.3, -0.25) is 4.99 Å². The van der Waals surface area contributed by atoms with Crippen molar-refractivity contribution in [1.82, 2.24) is 0 Å². The predicted octanol–water partition coefficient (Wildman–Crippen LogP) is 2.37. The Balaban J connectivity index is 3.09. The van der Waals surface area contributed by atoms with Gasteiger partial charge in [-0.2, -0.15) is 0 Å². The van der Waals surface area contributed by atoms with Gasteiger partial charge in [-0.1, -0.05) is 29.5 Å². The van der Waals surface area contributed by atoms with Gasteiger partial charge in [-0.25, -0.2) is 0 Å². The molecule has 0 spiro atoms. The second kappa shape index (κ2) is 6.14. The molecule has 0 saturated heterocycles. The van der Waals surface area contributed by atoms with Gasteiger partial charge in [-0.15, -0.1) is 0 Å². The van der Waals surface area contributed by atoms with E-state index in [9.17, 15) is 0 Å². The lowest BCUT2D eigenvalue weighted by Crippen LogP contribution is -1.60. The highest BCUT2D eigenvalue weighted by molar-refractivity contribution is 14.1. The number of aliphatic imine (C=N–C) groups is 1. The van der Waals surface area contributed by atoms with Crippen LogP contribution >= 0.6 is 22.6 Å². The first kappa shape index (κ1) is 7.14. The molecule has 0 rings (SSSR count). The predicted molar refractivity (Wildman–Crippen MR) is 41.9 cm³/mol. The standard InChI is InChI=1S/C5H8IN/c1-2-4-7-5-3-6/h3-5H,2H2,1H3/b5-3-,7-4?. The summed E-state index contributed by atoms with van der Waals surface area (Å²) >= 11 is 2.13. The molecule has 40 valence electrons. The Labute approximate surface area is 57.7 Å². The Morgan fingerprint density at radius 3 is 2.86 bits per heavy atom. The maximum atomic E-state index is 3.90. The zero-order chi connectivity index (χ0) is 5.54. The lowest BCUT2D eigenvalue weighted by molar-refractivity contribution is 1.31. The minimum atomic E-state index is 1.01. The Kier molecular flexibility index (Phi) is 6.26. The van der Waals surface area contributed by atoms with Crippen molar-refractivity contribution in [2.24, 2.45) is 4.99 Å². The molecule has 1 nitrogen and oxygen atoms in total. The first-order chi connectivity index (χ1) is 3.41. The Bertz CT molecular complexity index is 76.1. The van der Waals surface area contributed by atoms with E-state index in [0.717, 1.165) is 6.42 Å². The van der Waals surface area contributed by atoms with Crippen molar-refractivity contribution in [1.29, 1.82) is 0 Å². The maximum absolute atomic E-state index is 3.90. The number of hydrogen-bond acceptors (Lipinski definition) is 1. The largest absolute Gasteiger partial charge is 0.269 e. The summed E-state index contributed by atoms with van der Waals surface area (Å²) in [7, 11) is 0. The number of nitrogens with zero attached hydrogens (tertiary/aromatic N) is 1. The molecule has 0 amide bonds. The molecule has 0 aliphatic rings. The fourth-order valence-electron chi connectivity index (χ4n) is 0.199. The highest BCUT2D eigenvalue weighted by Gasteiger charge is 1.58. The first-order valence-electron chi connectivity index (χ1n) is 2.18. The van der Waals surface area contributed by atoms with Crippen LogP contribution in [-0.2, 0) is 0 Å². The summed E-state index contributed by atoms with van der Waals surface area (Å²) in [4.78, 5) is 3.90. The molecule has 0 bridgehead atoms. The molecule has 0 saturated carbocycles. The van der Waals surface area contributed by atoms with E-state index in [0.29, 0.717) is 0 Å². The van der Waals surface area contributed by atoms with Crippen LogP contribution in [0.3, 0.4) is 0 Å². The van der Waals surface area contributed by atoms with Gasteiger partial charge in [0.25, 0.3) is 0 Å². The van der Waals surface area contributed by atoms with Gasteiger partial charge < -0.3 is 0 Å². The SMILES string of the molecule is CCC=N/C=C\I. The summed E-state index contributed by atoms with van der Waals surface area (Å²) in [5, 5.41) is 0. The van der Waals surface area contributed by atoms with E-state index in [4.69, 9.17) is 0 Å². The quantitative estimate of drug-likeness (QED) is 0.489. The van der Waals surface area contributed by atoms with Crippen LogP contribution in [0.2, 0.25) is 0 Å². The molecular weight excluding hydrogens is 201 g/mol. The van der Waals surface area contributed by atoms with Crippen molar-refractivity contribution < 1.29 is 0 Å². The molecule has 2 heteroatoms. The van der Waals surface area contributed by atoms with Gasteiger partial charge >= 0.3 is 0 Å². The van der Waals surface area contributed by atoms with Gasteiger partial charge in [0.1, 0.15) is 0 Å². The van der Waals surface area contributed by atoms with Gasteiger partial charge in [0.05, 0.1) is 0 Å². The molecule has 0 aliphatic carbocycles. The van der Waals surface area contributed by atoms with Gasteiger partial charge in [0, 0.05) is 12.4 Å². The van der Waals surface area contributed by atoms with E-state index in [-0.39, 0.29) is 0 Å². The highest BCUT2D eigenvalue weighted by atomic mass is 127. The number of rotatable bonds is 2. The fourth-order valence-corrected chi connectivity index (χ4v) is 0.384. The van der Waals surface area contributed by atoms with E-state index in [1.54, 1.807) is 6.20 Å². The van der Waals surface area contributed by atoms with Crippen molar-refractivity contribution in [3.63, 3.8) is 0 Å². The van der Waals surface area contributed by atoms with E-state index < -0.39 is 0 Å². The molecule has 0 aromatic heterocycles. The zero-order valence-corrected chi connectivity index (χ0v) is 6.42. The van der Waals surface area contributed by atoms with Crippen LogP contribution in [0.4, 0.5) is 0 Å². The lowest BCUT2D eigenvalue weighted by Gasteiger charge is -1.70. The van der Waals surface area contributed by atoms with E-state index >= 15 is 0 Å². The minimum absolute atomic E-state index is 1.01. The second-order valence-corrected chi connectivity index (χ2v) is 1.73. The molecule has 7 heavy (non-hydrogen) atoms. The molecule has 0 unspecified atom stereocenters. The van der Waals surface area contributed by atoms with Crippen molar-refractivity contribution in [3.05, 3.63) is 10.3 Å². The molecule has 0 heterocycles. The van der Waals surface area contributed by atoms with Gasteiger partial charge in [0.2, 0.25) is 0 Å². The molecule has 0 aliphatic heterocycles. The number of hydrogen-bond donors (Lipinski definition) is 0. The van der Waals surface area contributed by atoms with Gasteiger partial charge in [0.15, 0.2) is 0 Å². The second-order valence-electron chi connectivity index (χ2n) is 1.01. The summed E-state index contributed by atoms with van der Waals surface area (Å²) < 4.78 is 1.88. The third-order valence-corrected chi connectivity index (χ3v) is 0.752. The van der Waals surface area contributed by atoms with Gasteiger partial charge in [-0.05, 0) is 10.5 Å². The molecular formula is C5H8IN. The molecule has 0 atom stereocenters. The summed E-state index contributed by atoms with van der Waals surface area (Å²) in [5.41, 5.74) is 0. The van der Waals surface area contributed by atoms with Crippen LogP contribution in [0.25, 0.3) is 0 Å². The minimum Gasteiger partial charge on any atom is -0.269 e. The van der Waals surface area contributed by atoms with Crippen molar-refractivity contribution in [2.75, 3.05) is 0 Å². The van der Waals surface area contributed by atoms with E-state index in [2.05, 4.69) is 34.5 Å². The van der Waals surface area contributed by atoms with Crippen molar-refractivity contribution >= 4 is 28.8 Å². The normalized spacial score (nSPS) is 11.7. The van der Waals surface area contributed by atoms with E-state index in [1.165, 1.54) is 0 Å². The fraction of sp³-hybridized carbons (Fsp3) is 0.400. The van der Waals surface area contributed by atoms with Crippen molar-refractivity contribution in [2.45, 2.75) is 13.3 Å². The summed E-state index contributed by atoms with van der Waals surface area (Å²) in [6.45, 7) is 2.06. The molecule has 0 radical (unpaired) electrons. The Morgan fingerprint density at radius 2 is 2.43 bits per heavy atom. The topological polar surface area (TPSA) is 12.4 Å². The smallest absolute Gasteiger partial charge is 0.0324 e. The monoisotopic (exact) mass is 209 g/mol. The number of halogens is 1. The van der Waals surface area contributed by atoms with E-state index in [1.807, 2.05) is 10.3 Å². The summed E-state index contributed by atoms with van der Waals surface area (Å²) in [5.74, 6) is 0. The Hall–Kier alpha value is 0.140.